The summed E-state index contributed by atoms with van der Waals surface area (Å²) >= 11 is 0. The fourth-order valence-corrected chi connectivity index (χ4v) is 0.918. The number of oxime groups is 1. The van der Waals surface area contributed by atoms with E-state index in [-0.39, 0.29) is 11.7 Å². The van der Waals surface area contributed by atoms with Crippen LogP contribution in [-0.2, 0) is 0 Å². The number of nitrogens with zero attached hydrogens (tertiary/aromatic N) is 2. The largest absolute Gasteiger partial charge is 0.409 e. The van der Waals surface area contributed by atoms with Crippen LogP contribution in [0.3, 0.4) is 0 Å². The summed E-state index contributed by atoms with van der Waals surface area (Å²) in [5.41, 5.74) is 11.6. The van der Waals surface area contributed by atoms with Gasteiger partial charge >= 0.3 is 0 Å². The van der Waals surface area contributed by atoms with E-state index >= 15 is 0 Å². The van der Waals surface area contributed by atoms with Crippen LogP contribution in [0.4, 0.5) is 5.82 Å². The van der Waals surface area contributed by atoms with Crippen LogP contribution in [-0.4, -0.2) is 22.2 Å². The van der Waals surface area contributed by atoms with Crippen molar-refractivity contribution in [1.29, 1.82) is 5.41 Å². The summed E-state index contributed by atoms with van der Waals surface area (Å²) in [6.45, 7) is 0. The lowest BCUT2D eigenvalue weighted by molar-refractivity contribution is 0.318. The maximum Gasteiger partial charge on any atom is 0.170 e. The van der Waals surface area contributed by atoms with Crippen LogP contribution in [0, 0.1) is 5.41 Å². The normalized spacial score (nSPS) is 11.2. The first-order valence-corrected chi connectivity index (χ1v) is 3.43. The maximum absolute atomic E-state index is 8.43. The fourth-order valence-electron chi connectivity index (χ4n) is 0.918. The van der Waals surface area contributed by atoms with Gasteiger partial charge in [-0.1, -0.05) is 5.16 Å². The van der Waals surface area contributed by atoms with Crippen LogP contribution in [0.1, 0.15) is 11.1 Å². The molecule has 0 aliphatic carbocycles. The quantitative estimate of drug-likeness (QED) is 0.216. The molecule has 0 spiro atoms. The lowest BCUT2D eigenvalue weighted by Crippen LogP contribution is -2.16. The smallest absolute Gasteiger partial charge is 0.170 e. The Labute approximate surface area is 74.4 Å². The molecule has 1 aromatic heterocycles. The highest BCUT2D eigenvalue weighted by Crippen LogP contribution is 2.10. The average Bonchev–Trinajstić information content (AvgIpc) is 2.16. The molecule has 13 heavy (non-hydrogen) atoms. The summed E-state index contributed by atoms with van der Waals surface area (Å²) in [6.07, 6.45) is 2.44. The van der Waals surface area contributed by atoms with E-state index in [1.165, 1.54) is 12.3 Å². The van der Waals surface area contributed by atoms with Crippen molar-refractivity contribution in [3.8, 4) is 0 Å². The van der Waals surface area contributed by atoms with Crippen molar-refractivity contribution in [1.82, 2.24) is 4.98 Å². The van der Waals surface area contributed by atoms with Gasteiger partial charge in [0.2, 0.25) is 0 Å². The molecule has 0 unspecified atom stereocenters. The lowest BCUT2D eigenvalue weighted by atomic mass is 10.1. The van der Waals surface area contributed by atoms with Crippen LogP contribution in [0.5, 0.6) is 0 Å². The standard InChI is InChI=1S/C7H9N5O/c8-3-5-4(7(10)12-13)1-2-11-6(5)9/h1-3,8,13H,(H2,9,11)(H2,10,12). The average molecular weight is 179 g/mol. The van der Waals surface area contributed by atoms with Crippen molar-refractivity contribution >= 4 is 17.9 Å². The second kappa shape index (κ2) is 3.53. The summed E-state index contributed by atoms with van der Waals surface area (Å²) < 4.78 is 0. The van der Waals surface area contributed by atoms with E-state index in [0.717, 1.165) is 6.21 Å². The van der Waals surface area contributed by atoms with E-state index in [1.54, 1.807) is 0 Å². The van der Waals surface area contributed by atoms with Gasteiger partial charge in [-0.05, 0) is 6.07 Å². The summed E-state index contributed by atoms with van der Waals surface area (Å²) in [4.78, 5) is 3.76. The molecule has 0 saturated heterocycles. The van der Waals surface area contributed by atoms with Crippen LogP contribution >= 0.6 is 0 Å². The topological polar surface area (TPSA) is 121 Å². The minimum Gasteiger partial charge on any atom is -0.409 e. The van der Waals surface area contributed by atoms with Crippen molar-refractivity contribution in [2.24, 2.45) is 10.9 Å². The zero-order valence-electron chi connectivity index (χ0n) is 6.73. The number of nitrogen functional groups attached to an aromatic ring is 1. The molecule has 0 aliphatic rings. The molecule has 0 radical (unpaired) electrons. The summed E-state index contributed by atoms with van der Waals surface area (Å²) in [7, 11) is 0. The van der Waals surface area contributed by atoms with Gasteiger partial charge in [-0.25, -0.2) is 4.98 Å². The molecule has 0 amide bonds. The predicted octanol–water partition coefficient (Wildman–Crippen LogP) is -0.244. The Balaban J connectivity index is 3.36. The first-order valence-electron chi connectivity index (χ1n) is 3.43. The minimum atomic E-state index is -0.0902. The SMILES string of the molecule is N=Cc1c(C(N)=NO)ccnc1N. The van der Waals surface area contributed by atoms with Gasteiger partial charge in [-0.3, -0.25) is 0 Å². The van der Waals surface area contributed by atoms with Crippen molar-refractivity contribution in [2.45, 2.75) is 0 Å². The van der Waals surface area contributed by atoms with Gasteiger partial charge in [0.15, 0.2) is 5.84 Å². The Morgan fingerprint density at radius 3 is 2.92 bits per heavy atom. The van der Waals surface area contributed by atoms with Crippen LogP contribution in [0.2, 0.25) is 0 Å². The number of nitrogens with one attached hydrogen (secondary N) is 1. The van der Waals surface area contributed by atoms with Gasteiger partial charge in [-0.2, -0.15) is 0 Å². The lowest BCUT2D eigenvalue weighted by Gasteiger charge is -2.04. The molecule has 1 rings (SSSR count). The van der Waals surface area contributed by atoms with E-state index in [2.05, 4.69) is 10.1 Å². The predicted molar refractivity (Wildman–Crippen MR) is 49.0 cm³/mol. The monoisotopic (exact) mass is 179 g/mol. The van der Waals surface area contributed by atoms with E-state index < -0.39 is 0 Å². The third-order valence-electron chi connectivity index (χ3n) is 1.55. The molecule has 68 valence electrons. The highest BCUT2D eigenvalue weighted by atomic mass is 16.4. The summed E-state index contributed by atoms with van der Waals surface area (Å²) in [5, 5.41) is 18.3. The number of hydrogen-bond acceptors (Lipinski definition) is 5. The van der Waals surface area contributed by atoms with Gasteiger partial charge in [0, 0.05) is 23.5 Å². The van der Waals surface area contributed by atoms with E-state index in [9.17, 15) is 0 Å². The highest BCUT2D eigenvalue weighted by molar-refractivity contribution is 6.05. The number of pyridine rings is 1. The van der Waals surface area contributed by atoms with Crippen molar-refractivity contribution < 1.29 is 5.21 Å². The van der Waals surface area contributed by atoms with E-state index in [4.69, 9.17) is 22.1 Å². The Morgan fingerprint density at radius 2 is 2.38 bits per heavy atom. The molecule has 0 bridgehead atoms. The number of amidine groups is 1. The first kappa shape index (κ1) is 8.98. The van der Waals surface area contributed by atoms with Gasteiger partial charge in [0.1, 0.15) is 5.82 Å². The number of hydrogen-bond donors (Lipinski definition) is 4. The molecule has 0 atom stereocenters. The number of aromatic nitrogens is 1. The second-order valence-corrected chi connectivity index (χ2v) is 2.29. The Kier molecular flexibility index (Phi) is 2.44. The molecular formula is C7H9N5O. The molecule has 0 aliphatic heterocycles. The molecule has 1 aromatic rings. The summed E-state index contributed by atoms with van der Waals surface area (Å²) in [6, 6.07) is 1.52. The van der Waals surface area contributed by atoms with Gasteiger partial charge in [-0.15, -0.1) is 0 Å². The highest BCUT2D eigenvalue weighted by Gasteiger charge is 2.08. The fraction of sp³-hybridized carbons (Fsp3) is 0. The number of anilines is 1. The third-order valence-corrected chi connectivity index (χ3v) is 1.55. The maximum atomic E-state index is 8.43. The van der Waals surface area contributed by atoms with Gasteiger partial charge in [0.25, 0.3) is 0 Å². The molecule has 0 aromatic carbocycles. The zero-order chi connectivity index (χ0) is 9.84. The second-order valence-electron chi connectivity index (χ2n) is 2.29. The Bertz CT molecular complexity index is 360. The van der Waals surface area contributed by atoms with Crippen molar-refractivity contribution in [3.63, 3.8) is 0 Å². The van der Waals surface area contributed by atoms with E-state index in [1.807, 2.05) is 0 Å². The number of nitrogens with two attached hydrogens (primary N) is 2. The summed E-state index contributed by atoms with van der Waals surface area (Å²) in [5.74, 6) is 0.0895. The van der Waals surface area contributed by atoms with Crippen molar-refractivity contribution in [3.05, 3.63) is 23.4 Å². The van der Waals surface area contributed by atoms with Crippen LogP contribution in [0.25, 0.3) is 0 Å². The van der Waals surface area contributed by atoms with Crippen molar-refractivity contribution in [2.75, 3.05) is 5.73 Å². The van der Waals surface area contributed by atoms with Gasteiger partial charge < -0.3 is 22.1 Å². The molecule has 6 nitrogen and oxygen atoms in total. The molecule has 0 saturated carbocycles. The van der Waals surface area contributed by atoms with Crippen LogP contribution < -0.4 is 11.5 Å². The van der Waals surface area contributed by atoms with E-state index in [0.29, 0.717) is 11.1 Å². The zero-order valence-corrected chi connectivity index (χ0v) is 6.73. The number of rotatable bonds is 2. The first-order chi connectivity index (χ1) is 6.20. The third kappa shape index (κ3) is 1.56. The molecular weight excluding hydrogens is 170 g/mol. The Morgan fingerprint density at radius 1 is 1.69 bits per heavy atom. The molecule has 0 fully saturated rings. The Hall–Kier alpha value is -2.11. The molecule has 6 heteroatoms. The van der Waals surface area contributed by atoms with Gasteiger partial charge in [0.05, 0.1) is 0 Å². The molecule has 1 heterocycles. The minimum absolute atomic E-state index is 0.0902. The van der Waals surface area contributed by atoms with Crippen LogP contribution in [0.15, 0.2) is 17.4 Å². The molecule has 6 N–H and O–H groups in total.